The molecule has 0 saturated carbocycles. The summed E-state index contributed by atoms with van der Waals surface area (Å²) in [6.07, 6.45) is 9.35. The molecule has 1 aliphatic carbocycles. The van der Waals surface area contributed by atoms with Gasteiger partial charge in [-0.25, -0.2) is 0 Å². The number of carbonyl (C=O) groups is 4. The van der Waals surface area contributed by atoms with E-state index in [1.54, 1.807) is 6.92 Å². The van der Waals surface area contributed by atoms with Crippen LogP contribution in [-0.4, -0.2) is 23.1 Å². The Morgan fingerprint density at radius 3 is 1.95 bits per heavy atom. The molecule has 0 fully saturated rings. The number of ketones is 4. The monoisotopic (exact) mass is 556 g/mol. The van der Waals surface area contributed by atoms with Crippen LogP contribution in [0.4, 0.5) is 0 Å². The summed E-state index contributed by atoms with van der Waals surface area (Å²) < 4.78 is 0. The molecule has 40 heavy (non-hydrogen) atoms. The van der Waals surface area contributed by atoms with Crippen LogP contribution in [0.3, 0.4) is 0 Å². The fourth-order valence-corrected chi connectivity index (χ4v) is 5.96. The summed E-state index contributed by atoms with van der Waals surface area (Å²) in [5, 5.41) is 0. The average Bonchev–Trinajstić information content (AvgIpc) is 2.82. The van der Waals surface area contributed by atoms with Gasteiger partial charge in [0.25, 0.3) is 0 Å². The van der Waals surface area contributed by atoms with Crippen molar-refractivity contribution < 1.29 is 19.2 Å². The number of unbranched alkanes of at least 4 members (excludes halogenated alkanes) is 1. The molecular weight excluding hydrogens is 496 g/mol. The smallest absolute Gasteiger partial charge is 0.163 e. The van der Waals surface area contributed by atoms with Gasteiger partial charge in [0, 0.05) is 24.3 Å². The molecule has 0 aromatic heterocycles. The van der Waals surface area contributed by atoms with Crippen LogP contribution in [0.15, 0.2) is 12.1 Å². The Bertz CT molecular complexity index is 950. The maximum atomic E-state index is 13.1. The third kappa shape index (κ3) is 13.0. The van der Waals surface area contributed by atoms with Crippen molar-refractivity contribution in [3.05, 3.63) is 34.4 Å². The Morgan fingerprint density at radius 2 is 1.52 bits per heavy atom. The lowest BCUT2D eigenvalue weighted by molar-refractivity contribution is -0.130. The van der Waals surface area contributed by atoms with Crippen LogP contribution in [0.25, 0.3) is 0 Å². The van der Waals surface area contributed by atoms with Crippen LogP contribution in [0, 0.1) is 24.7 Å². The maximum absolute atomic E-state index is 13.1. The Kier molecular flexibility index (Phi) is 18.1. The Balaban J connectivity index is 0.00000130. The van der Waals surface area contributed by atoms with Crippen molar-refractivity contribution in [2.75, 3.05) is 0 Å². The van der Waals surface area contributed by atoms with E-state index in [1.807, 2.05) is 6.92 Å². The largest absolute Gasteiger partial charge is 0.300 e. The third-order valence-corrected chi connectivity index (χ3v) is 7.64. The predicted octanol–water partition coefficient (Wildman–Crippen LogP) is 9.60. The molecule has 0 radical (unpaired) electrons. The zero-order valence-corrected chi connectivity index (χ0v) is 27.8. The molecule has 0 amide bonds. The molecule has 1 aliphatic rings. The molecule has 4 nitrogen and oxygen atoms in total. The van der Waals surface area contributed by atoms with E-state index in [-0.39, 0.29) is 46.9 Å². The topological polar surface area (TPSA) is 68.3 Å². The van der Waals surface area contributed by atoms with Crippen molar-refractivity contribution in [3.8, 4) is 0 Å². The number of hydrogen-bond acceptors (Lipinski definition) is 4. The Morgan fingerprint density at radius 1 is 0.925 bits per heavy atom. The van der Waals surface area contributed by atoms with Crippen molar-refractivity contribution >= 4 is 23.1 Å². The number of hydrogen-bond donors (Lipinski definition) is 0. The molecule has 3 atom stereocenters. The number of Topliss-reactive ketones (excluding diaryl/α,β-unsaturated/α-hetero) is 4. The van der Waals surface area contributed by atoms with Gasteiger partial charge in [0.2, 0.25) is 0 Å². The molecule has 3 unspecified atom stereocenters. The standard InChI is InChI=1S/C27H40O3.C6H12O.C3H8/c1-8-10-20(22(9-2)24(29)13-17(3)28)14-19-15-21-11-12-23(27(5,6)7)18(4)26(21)25(30)16-19;1-3-4-5-6(2)7;1-3-2/h11-12,19-20,22H,8-10,13-16H2,1-7H3;3-5H2,1-2H3;3H2,1-2H3. The van der Waals surface area contributed by atoms with Crippen LogP contribution >= 0.6 is 0 Å². The van der Waals surface area contributed by atoms with E-state index in [4.69, 9.17) is 0 Å². The van der Waals surface area contributed by atoms with E-state index in [0.29, 0.717) is 12.2 Å². The van der Waals surface area contributed by atoms with Crippen LogP contribution < -0.4 is 0 Å². The van der Waals surface area contributed by atoms with Gasteiger partial charge < -0.3 is 4.79 Å². The van der Waals surface area contributed by atoms with Gasteiger partial charge in [-0.1, -0.05) is 93.2 Å². The minimum absolute atomic E-state index is 0.0217. The highest BCUT2D eigenvalue weighted by Crippen LogP contribution is 2.38. The molecular formula is C36H60O4. The lowest BCUT2D eigenvalue weighted by Crippen LogP contribution is -2.30. The van der Waals surface area contributed by atoms with Crippen molar-refractivity contribution in [1.82, 2.24) is 0 Å². The minimum Gasteiger partial charge on any atom is -0.300 e. The summed E-state index contributed by atoms with van der Waals surface area (Å²) in [6, 6.07) is 4.35. The first-order valence-corrected chi connectivity index (χ1v) is 15.9. The van der Waals surface area contributed by atoms with E-state index in [0.717, 1.165) is 62.5 Å². The van der Waals surface area contributed by atoms with Crippen molar-refractivity contribution in [1.29, 1.82) is 0 Å². The van der Waals surface area contributed by atoms with E-state index >= 15 is 0 Å². The molecule has 4 heteroatoms. The van der Waals surface area contributed by atoms with Gasteiger partial charge in [-0.15, -0.1) is 0 Å². The quantitative estimate of drug-likeness (QED) is 0.240. The van der Waals surface area contributed by atoms with Crippen LogP contribution in [0.2, 0.25) is 0 Å². The fourth-order valence-electron chi connectivity index (χ4n) is 5.96. The first-order chi connectivity index (χ1) is 18.7. The molecule has 0 saturated heterocycles. The van der Waals surface area contributed by atoms with E-state index in [1.165, 1.54) is 24.5 Å². The van der Waals surface area contributed by atoms with Gasteiger partial charge in [-0.2, -0.15) is 0 Å². The molecule has 0 bridgehead atoms. The fraction of sp³-hybridized carbons (Fsp3) is 0.722. The van der Waals surface area contributed by atoms with Gasteiger partial charge >= 0.3 is 0 Å². The molecule has 228 valence electrons. The summed E-state index contributed by atoms with van der Waals surface area (Å²) in [6.45, 7) is 22.3. The van der Waals surface area contributed by atoms with Crippen LogP contribution in [0.1, 0.15) is 160 Å². The summed E-state index contributed by atoms with van der Waals surface area (Å²) in [5.74, 6) is 1.04. The first kappa shape index (κ1) is 37.9. The molecule has 0 heterocycles. The molecule has 0 spiro atoms. The van der Waals surface area contributed by atoms with Crippen molar-refractivity contribution in [2.24, 2.45) is 17.8 Å². The first-order valence-electron chi connectivity index (χ1n) is 15.9. The molecule has 1 aromatic rings. The van der Waals surface area contributed by atoms with Gasteiger partial charge in [0.15, 0.2) is 5.78 Å². The second-order valence-corrected chi connectivity index (χ2v) is 12.9. The molecule has 0 aliphatic heterocycles. The lowest BCUT2D eigenvalue weighted by atomic mass is 9.71. The summed E-state index contributed by atoms with van der Waals surface area (Å²) in [5.41, 5.74) is 4.51. The number of fused-ring (bicyclic) bond motifs is 1. The highest BCUT2D eigenvalue weighted by atomic mass is 16.1. The normalized spacial score (nSPS) is 16.0. The van der Waals surface area contributed by atoms with E-state index < -0.39 is 0 Å². The third-order valence-electron chi connectivity index (χ3n) is 7.64. The zero-order chi connectivity index (χ0) is 31.0. The van der Waals surface area contributed by atoms with Crippen LogP contribution in [0.5, 0.6) is 0 Å². The SMILES string of the molecule is CCC.CCCC(CC1CC(=O)c2c(ccc(C(C)(C)C)c2C)C1)C(CC)C(=O)CC(C)=O.CCCCC(C)=O. The maximum Gasteiger partial charge on any atom is 0.163 e. The highest BCUT2D eigenvalue weighted by Gasteiger charge is 2.34. The number of carbonyl (C=O) groups excluding carboxylic acids is 4. The summed E-state index contributed by atoms with van der Waals surface area (Å²) in [7, 11) is 0. The van der Waals surface area contributed by atoms with Gasteiger partial charge in [-0.05, 0) is 80.4 Å². The Labute approximate surface area is 246 Å². The zero-order valence-electron chi connectivity index (χ0n) is 27.8. The van der Waals surface area contributed by atoms with Gasteiger partial charge in [0.05, 0.1) is 6.42 Å². The van der Waals surface area contributed by atoms with E-state index in [2.05, 4.69) is 67.5 Å². The lowest BCUT2D eigenvalue weighted by Gasteiger charge is -2.33. The van der Waals surface area contributed by atoms with Gasteiger partial charge in [0.1, 0.15) is 17.3 Å². The van der Waals surface area contributed by atoms with Crippen LogP contribution in [-0.2, 0) is 26.2 Å². The summed E-state index contributed by atoms with van der Waals surface area (Å²) >= 11 is 0. The Hall–Kier alpha value is -2.10. The van der Waals surface area contributed by atoms with Crippen molar-refractivity contribution in [3.63, 3.8) is 0 Å². The highest BCUT2D eigenvalue weighted by molar-refractivity contribution is 6.00. The summed E-state index contributed by atoms with van der Waals surface area (Å²) in [4.78, 5) is 47.5. The second-order valence-electron chi connectivity index (χ2n) is 12.9. The molecule has 0 N–H and O–H groups in total. The minimum atomic E-state index is -0.0737. The van der Waals surface area contributed by atoms with E-state index in [9.17, 15) is 19.2 Å². The molecule has 1 aromatic carbocycles. The second kappa shape index (κ2) is 19.1. The average molecular weight is 557 g/mol. The number of benzene rings is 1. The molecule has 2 rings (SSSR count). The van der Waals surface area contributed by atoms with Gasteiger partial charge in [-0.3, -0.25) is 14.4 Å². The van der Waals surface area contributed by atoms with Crippen molar-refractivity contribution in [2.45, 2.75) is 152 Å². The number of rotatable bonds is 12. The predicted molar refractivity (Wildman–Crippen MR) is 169 cm³/mol.